The molecule has 208 valence electrons. The number of sulfonamides is 1. The molecule has 0 aromatic heterocycles. The SMILES string of the molecule is CC[C@H](C(=O)NC1CCCCC1)N(Cc1ccc(OC)cc1)C(=O)CN(c1ccc(Cl)c(Cl)c1)S(C)(=O)=O. The Hall–Kier alpha value is -2.49. The maximum Gasteiger partial charge on any atom is 0.244 e. The Labute approximate surface area is 235 Å². The Morgan fingerprint density at radius 3 is 2.26 bits per heavy atom. The van der Waals surface area contributed by atoms with Crippen LogP contribution in [0.2, 0.25) is 10.0 Å². The van der Waals surface area contributed by atoms with Gasteiger partial charge in [0.25, 0.3) is 0 Å². The number of halogens is 2. The molecule has 0 bridgehead atoms. The fourth-order valence-electron chi connectivity index (χ4n) is 4.65. The van der Waals surface area contributed by atoms with Gasteiger partial charge in [0.1, 0.15) is 18.3 Å². The zero-order valence-electron chi connectivity index (χ0n) is 22.0. The minimum Gasteiger partial charge on any atom is -0.497 e. The van der Waals surface area contributed by atoms with E-state index in [1.165, 1.54) is 23.1 Å². The molecule has 1 fully saturated rings. The molecular weight excluding hydrogens is 549 g/mol. The third kappa shape index (κ3) is 8.01. The Bertz CT molecular complexity index is 1220. The van der Waals surface area contributed by atoms with E-state index in [0.29, 0.717) is 12.2 Å². The molecule has 0 heterocycles. The predicted molar refractivity (Wildman–Crippen MR) is 151 cm³/mol. The number of nitrogens with zero attached hydrogens (tertiary/aromatic N) is 2. The molecule has 1 saturated carbocycles. The maximum absolute atomic E-state index is 13.8. The summed E-state index contributed by atoms with van der Waals surface area (Å²) in [4.78, 5) is 28.7. The number of carbonyl (C=O) groups is 2. The number of methoxy groups -OCH3 is 1. The Kier molecular flexibility index (Phi) is 10.7. The average Bonchev–Trinajstić information content (AvgIpc) is 2.89. The van der Waals surface area contributed by atoms with Crippen LogP contribution in [0.4, 0.5) is 5.69 Å². The quantitative estimate of drug-likeness (QED) is 0.400. The van der Waals surface area contributed by atoms with Crippen LogP contribution in [0.5, 0.6) is 5.75 Å². The van der Waals surface area contributed by atoms with Gasteiger partial charge in [-0.05, 0) is 55.2 Å². The van der Waals surface area contributed by atoms with Crippen molar-refractivity contribution < 1.29 is 22.7 Å². The van der Waals surface area contributed by atoms with Gasteiger partial charge in [-0.25, -0.2) is 8.42 Å². The fraction of sp³-hybridized carbons (Fsp3) is 0.481. The zero-order chi connectivity index (χ0) is 27.9. The molecule has 2 amide bonds. The molecule has 1 aliphatic carbocycles. The highest BCUT2D eigenvalue weighted by molar-refractivity contribution is 7.92. The lowest BCUT2D eigenvalue weighted by Gasteiger charge is -2.34. The molecule has 8 nitrogen and oxygen atoms in total. The van der Waals surface area contributed by atoms with Gasteiger partial charge in [0.05, 0.1) is 29.1 Å². The summed E-state index contributed by atoms with van der Waals surface area (Å²) in [5.41, 5.74) is 0.989. The molecule has 1 atom stereocenters. The van der Waals surface area contributed by atoms with E-state index in [-0.39, 0.29) is 34.2 Å². The van der Waals surface area contributed by atoms with Gasteiger partial charge in [-0.15, -0.1) is 0 Å². The first-order valence-electron chi connectivity index (χ1n) is 12.7. The van der Waals surface area contributed by atoms with Crippen LogP contribution < -0.4 is 14.4 Å². The molecular formula is C27H35Cl2N3O5S. The van der Waals surface area contributed by atoms with Crippen LogP contribution >= 0.6 is 23.2 Å². The Morgan fingerprint density at radius 1 is 1.05 bits per heavy atom. The molecule has 0 unspecified atom stereocenters. The normalized spacial score (nSPS) is 15.0. The lowest BCUT2D eigenvalue weighted by Crippen LogP contribution is -2.53. The molecule has 11 heteroatoms. The zero-order valence-corrected chi connectivity index (χ0v) is 24.3. The first-order valence-corrected chi connectivity index (χ1v) is 15.3. The van der Waals surface area contributed by atoms with E-state index >= 15 is 0 Å². The number of ether oxygens (including phenoxy) is 1. The number of hydrogen-bond acceptors (Lipinski definition) is 5. The van der Waals surface area contributed by atoms with Crippen molar-refractivity contribution in [2.24, 2.45) is 0 Å². The van der Waals surface area contributed by atoms with Crippen molar-refractivity contribution >= 4 is 50.7 Å². The van der Waals surface area contributed by atoms with Gasteiger partial charge in [0, 0.05) is 12.6 Å². The summed E-state index contributed by atoms with van der Waals surface area (Å²) in [7, 11) is -2.30. The van der Waals surface area contributed by atoms with Gasteiger partial charge in [-0.1, -0.05) is 61.5 Å². The Balaban J connectivity index is 1.92. The largest absolute Gasteiger partial charge is 0.497 e. The molecule has 0 aliphatic heterocycles. The van der Waals surface area contributed by atoms with Crippen LogP contribution in [0.1, 0.15) is 51.0 Å². The van der Waals surface area contributed by atoms with Gasteiger partial charge < -0.3 is 15.0 Å². The van der Waals surface area contributed by atoms with Crippen LogP contribution in [0, 0.1) is 0 Å². The smallest absolute Gasteiger partial charge is 0.244 e. The van der Waals surface area contributed by atoms with Crippen molar-refractivity contribution in [2.45, 2.75) is 64.1 Å². The van der Waals surface area contributed by atoms with Crippen molar-refractivity contribution in [1.82, 2.24) is 10.2 Å². The van der Waals surface area contributed by atoms with E-state index in [1.807, 2.05) is 19.1 Å². The summed E-state index contributed by atoms with van der Waals surface area (Å²) in [6.45, 7) is 1.46. The fourth-order valence-corrected chi connectivity index (χ4v) is 5.78. The minimum absolute atomic E-state index is 0.0759. The van der Waals surface area contributed by atoms with E-state index in [0.717, 1.165) is 48.2 Å². The first kappa shape index (κ1) is 30.1. The lowest BCUT2D eigenvalue weighted by atomic mass is 9.95. The predicted octanol–water partition coefficient (Wildman–Crippen LogP) is 5.02. The summed E-state index contributed by atoms with van der Waals surface area (Å²) in [6, 6.07) is 10.9. The molecule has 3 rings (SSSR count). The molecule has 0 spiro atoms. The standard InChI is InChI=1S/C27H35Cl2N3O5S/c1-4-25(27(34)30-20-8-6-5-7-9-20)31(17-19-10-13-22(37-2)14-11-19)26(33)18-32(38(3,35)36)21-12-15-23(28)24(29)16-21/h10-16,20,25H,4-9,17-18H2,1-3H3,(H,30,34)/t25-/m1/s1. The first-order chi connectivity index (χ1) is 18.0. The monoisotopic (exact) mass is 583 g/mol. The van der Waals surface area contributed by atoms with Gasteiger partial charge >= 0.3 is 0 Å². The van der Waals surface area contributed by atoms with Gasteiger partial charge in [-0.2, -0.15) is 0 Å². The number of rotatable bonds is 11. The Morgan fingerprint density at radius 2 is 1.71 bits per heavy atom. The second kappa shape index (κ2) is 13.5. The number of anilines is 1. The maximum atomic E-state index is 13.8. The third-order valence-electron chi connectivity index (χ3n) is 6.72. The molecule has 2 aromatic rings. The van der Waals surface area contributed by atoms with E-state index < -0.39 is 28.5 Å². The van der Waals surface area contributed by atoms with E-state index in [9.17, 15) is 18.0 Å². The third-order valence-corrected chi connectivity index (χ3v) is 8.60. The van der Waals surface area contributed by atoms with Crippen molar-refractivity contribution in [1.29, 1.82) is 0 Å². The summed E-state index contributed by atoms with van der Waals surface area (Å²) in [5.74, 6) is -0.0822. The van der Waals surface area contributed by atoms with Crippen LogP contribution in [-0.4, -0.2) is 57.1 Å². The van der Waals surface area contributed by atoms with E-state index in [1.54, 1.807) is 19.2 Å². The average molecular weight is 585 g/mol. The molecule has 38 heavy (non-hydrogen) atoms. The van der Waals surface area contributed by atoms with Gasteiger partial charge in [0.2, 0.25) is 21.8 Å². The molecule has 0 radical (unpaired) electrons. The van der Waals surface area contributed by atoms with Crippen molar-refractivity contribution in [3.8, 4) is 5.75 Å². The van der Waals surface area contributed by atoms with Gasteiger partial charge in [0.15, 0.2) is 0 Å². The lowest BCUT2D eigenvalue weighted by molar-refractivity contribution is -0.140. The van der Waals surface area contributed by atoms with Crippen LogP contribution in [0.15, 0.2) is 42.5 Å². The summed E-state index contributed by atoms with van der Waals surface area (Å²) >= 11 is 12.1. The van der Waals surface area contributed by atoms with E-state index in [2.05, 4.69) is 5.32 Å². The molecule has 1 N–H and O–H groups in total. The highest BCUT2D eigenvalue weighted by atomic mass is 35.5. The van der Waals surface area contributed by atoms with Gasteiger partial charge in [-0.3, -0.25) is 13.9 Å². The topological polar surface area (TPSA) is 96.0 Å². The highest BCUT2D eigenvalue weighted by Gasteiger charge is 2.33. The minimum atomic E-state index is -3.87. The van der Waals surface area contributed by atoms with Crippen LogP contribution in [-0.2, 0) is 26.2 Å². The second-order valence-corrected chi connectivity index (χ2v) is 12.2. The van der Waals surface area contributed by atoms with E-state index in [4.69, 9.17) is 27.9 Å². The second-order valence-electron chi connectivity index (χ2n) is 9.51. The van der Waals surface area contributed by atoms with Crippen molar-refractivity contribution in [2.75, 3.05) is 24.2 Å². The number of amides is 2. The van der Waals surface area contributed by atoms with Crippen LogP contribution in [0.3, 0.4) is 0 Å². The number of hydrogen-bond donors (Lipinski definition) is 1. The number of benzene rings is 2. The van der Waals surface area contributed by atoms with Crippen LogP contribution in [0.25, 0.3) is 0 Å². The molecule has 1 aliphatic rings. The molecule has 2 aromatic carbocycles. The number of nitrogens with one attached hydrogen (secondary N) is 1. The number of carbonyl (C=O) groups excluding carboxylic acids is 2. The summed E-state index contributed by atoms with van der Waals surface area (Å²) in [6.07, 6.45) is 6.48. The molecule has 0 saturated heterocycles. The summed E-state index contributed by atoms with van der Waals surface area (Å²) < 4.78 is 31.7. The van der Waals surface area contributed by atoms with Crippen molar-refractivity contribution in [3.63, 3.8) is 0 Å². The summed E-state index contributed by atoms with van der Waals surface area (Å²) in [5, 5.41) is 3.55. The van der Waals surface area contributed by atoms with Crippen molar-refractivity contribution in [3.05, 3.63) is 58.1 Å². The highest BCUT2D eigenvalue weighted by Crippen LogP contribution is 2.29.